The lowest BCUT2D eigenvalue weighted by Crippen LogP contribution is -2.19. The van der Waals surface area contributed by atoms with Gasteiger partial charge >= 0.3 is 5.97 Å². The van der Waals surface area contributed by atoms with Gasteiger partial charge < -0.3 is 14.3 Å². The highest BCUT2D eigenvalue weighted by Crippen LogP contribution is 2.13. The Hall–Kier alpha value is -1.62. The van der Waals surface area contributed by atoms with E-state index in [1.807, 2.05) is 6.92 Å². The lowest BCUT2D eigenvalue weighted by atomic mass is 10.2. The molecule has 0 saturated heterocycles. The van der Waals surface area contributed by atoms with Crippen molar-refractivity contribution in [3.8, 4) is 0 Å². The van der Waals surface area contributed by atoms with Gasteiger partial charge in [0, 0.05) is 13.2 Å². The molecule has 0 saturated carbocycles. The van der Waals surface area contributed by atoms with Gasteiger partial charge in [-0.15, -0.1) is 0 Å². The van der Waals surface area contributed by atoms with Crippen LogP contribution in [-0.2, 0) is 19.1 Å². The number of carbonyl (C=O) groups is 1. The summed E-state index contributed by atoms with van der Waals surface area (Å²) >= 11 is 0. The summed E-state index contributed by atoms with van der Waals surface area (Å²) in [7, 11) is 2.85. The molecule has 82 valence electrons. The molecule has 0 aromatic carbocycles. The number of hydrogen-bond donors (Lipinski definition) is 0. The van der Waals surface area contributed by atoms with E-state index in [0.717, 1.165) is 5.57 Å². The van der Waals surface area contributed by atoms with Gasteiger partial charge in [0.2, 0.25) is 6.29 Å². The summed E-state index contributed by atoms with van der Waals surface area (Å²) in [5.41, 5.74) is 1.43. The molecule has 5 heteroatoms. The average molecular weight is 211 g/mol. The van der Waals surface area contributed by atoms with Gasteiger partial charge in [-0.05, 0) is 24.6 Å². The van der Waals surface area contributed by atoms with Crippen molar-refractivity contribution in [1.29, 1.82) is 0 Å². The molecule has 5 nitrogen and oxygen atoms in total. The molecular weight excluding hydrogens is 198 g/mol. The maximum absolute atomic E-state index is 10.8. The molecule has 0 aromatic rings. The Kier molecular flexibility index (Phi) is 4.05. The van der Waals surface area contributed by atoms with Crippen LogP contribution in [0.3, 0.4) is 0 Å². The van der Waals surface area contributed by atoms with Crippen LogP contribution in [0.15, 0.2) is 29.0 Å². The van der Waals surface area contributed by atoms with Crippen molar-refractivity contribution < 1.29 is 19.1 Å². The number of nitrogens with zero attached hydrogens (tertiary/aromatic N) is 1. The van der Waals surface area contributed by atoms with E-state index in [1.54, 1.807) is 6.08 Å². The first-order valence-corrected chi connectivity index (χ1v) is 4.38. The van der Waals surface area contributed by atoms with Crippen molar-refractivity contribution in [2.24, 2.45) is 5.16 Å². The molecule has 0 aliphatic carbocycles. The smallest absolute Gasteiger partial charge is 0.330 e. The first-order valence-electron chi connectivity index (χ1n) is 4.38. The quantitative estimate of drug-likeness (QED) is 0.516. The van der Waals surface area contributed by atoms with Crippen molar-refractivity contribution in [1.82, 2.24) is 0 Å². The van der Waals surface area contributed by atoms with E-state index < -0.39 is 12.3 Å². The molecule has 1 unspecified atom stereocenters. The molecular formula is C10H13NO4. The second-order valence-corrected chi connectivity index (χ2v) is 2.93. The van der Waals surface area contributed by atoms with Crippen LogP contribution < -0.4 is 0 Å². The Bertz CT molecular complexity index is 330. The highest BCUT2D eigenvalue weighted by molar-refractivity contribution is 6.07. The van der Waals surface area contributed by atoms with E-state index in [1.165, 1.54) is 26.4 Å². The maximum atomic E-state index is 10.8. The third-order valence-corrected chi connectivity index (χ3v) is 1.81. The van der Waals surface area contributed by atoms with Crippen LogP contribution in [0.1, 0.15) is 6.92 Å². The highest BCUT2D eigenvalue weighted by atomic mass is 16.8. The second kappa shape index (κ2) is 5.31. The molecule has 1 heterocycles. The highest BCUT2D eigenvalue weighted by Gasteiger charge is 2.15. The van der Waals surface area contributed by atoms with Gasteiger partial charge in [-0.2, -0.15) is 0 Å². The number of carbonyl (C=O) groups excluding carboxylic acids is 1. The molecule has 1 atom stereocenters. The molecule has 0 spiro atoms. The Labute approximate surface area is 88.0 Å². The molecule has 0 aromatic heterocycles. The van der Waals surface area contributed by atoms with Crippen LogP contribution in [0.5, 0.6) is 0 Å². The Morgan fingerprint density at radius 2 is 2.33 bits per heavy atom. The van der Waals surface area contributed by atoms with E-state index >= 15 is 0 Å². The number of hydrogen-bond acceptors (Lipinski definition) is 5. The molecule has 0 bridgehead atoms. The lowest BCUT2D eigenvalue weighted by Gasteiger charge is -2.17. The fourth-order valence-electron chi connectivity index (χ4n) is 1.05. The molecule has 0 amide bonds. The largest absolute Gasteiger partial charge is 0.466 e. The van der Waals surface area contributed by atoms with Crippen molar-refractivity contribution in [3.63, 3.8) is 0 Å². The van der Waals surface area contributed by atoms with E-state index in [0.29, 0.717) is 5.71 Å². The number of rotatable bonds is 3. The van der Waals surface area contributed by atoms with Crippen LogP contribution in [0.2, 0.25) is 0 Å². The Balaban J connectivity index is 2.64. The Morgan fingerprint density at radius 1 is 1.60 bits per heavy atom. The number of allylic oxidation sites excluding steroid dienone is 2. The average Bonchev–Trinajstić information content (AvgIpc) is 2.26. The van der Waals surface area contributed by atoms with Crippen molar-refractivity contribution >= 4 is 11.7 Å². The maximum Gasteiger partial charge on any atom is 0.330 e. The Morgan fingerprint density at radius 3 is 2.87 bits per heavy atom. The van der Waals surface area contributed by atoms with Crippen LogP contribution in [0, 0.1) is 0 Å². The van der Waals surface area contributed by atoms with Crippen LogP contribution in [0.25, 0.3) is 0 Å². The minimum absolute atomic E-state index is 0.433. The topological polar surface area (TPSA) is 57.1 Å². The van der Waals surface area contributed by atoms with Gasteiger partial charge in [-0.1, -0.05) is 5.16 Å². The van der Waals surface area contributed by atoms with Crippen LogP contribution in [-0.4, -0.2) is 32.2 Å². The standard InChI is InChI=1S/C10H13NO4/c1-7-6-8(4-5-9(12)13-2)11-15-10(7)14-3/h4-6,10H,1-3H3/b5-4+. The summed E-state index contributed by atoms with van der Waals surface area (Å²) in [6.07, 6.45) is 4.12. The van der Waals surface area contributed by atoms with Gasteiger partial charge in [0.05, 0.1) is 7.11 Å². The molecule has 1 aliphatic heterocycles. The van der Waals surface area contributed by atoms with E-state index in [-0.39, 0.29) is 0 Å². The molecule has 0 N–H and O–H groups in total. The van der Waals surface area contributed by atoms with Crippen molar-refractivity contribution in [2.45, 2.75) is 13.2 Å². The predicted molar refractivity (Wildman–Crippen MR) is 54.2 cm³/mol. The van der Waals surface area contributed by atoms with Crippen LogP contribution >= 0.6 is 0 Å². The van der Waals surface area contributed by atoms with Gasteiger partial charge in [0.1, 0.15) is 5.71 Å². The summed E-state index contributed by atoms with van der Waals surface area (Å²) in [5.74, 6) is -0.433. The number of esters is 1. The summed E-state index contributed by atoms with van der Waals surface area (Å²) < 4.78 is 9.43. The zero-order valence-corrected chi connectivity index (χ0v) is 8.89. The third-order valence-electron chi connectivity index (χ3n) is 1.81. The van der Waals surface area contributed by atoms with Crippen molar-refractivity contribution in [3.05, 3.63) is 23.8 Å². The second-order valence-electron chi connectivity index (χ2n) is 2.93. The zero-order valence-electron chi connectivity index (χ0n) is 8.89. The normalized spacial score (nSPS) is 20.6. The fourth-order valence-corrected chi connectivity index (χ4v) is 1.05. The summed E-state index contributed by atoms with van der Waals surface area (Å²) in [6.45, 7) is 1.86. The number of oxime groups is 1. The van der Waals surface area contributed by atoms with E-state index in [4.69, 9.17) is 9.57 Å². The van der Waals surface area contributed by atoms with Gasteiger partial charge in [0.15, 0.2) is 0 Å². The first-order chi connectivity index (χ1) is 7.17. The zero-order chi connectivity index (χ0) is 11.3. The molecule has 15 heavy (non-hydrogen) atoms. The number of ether oxygens (including phenoxy) is 2. The monoisotopic (exact) mass is 211 g/mol. The molecule has 0 radical (unpaired) electrons. The van der Waals surface area contributed by atoms with Gasteiger partial charge in [0.25, 0.3) is 0 Å². The van der Waals surface area contributed by atoms with Gasteiger partial charge in [-0.3, -0.25) is 0 Å². The molecule has 1 aliphatic rings. The fraction of sp³-hybridized carbons (Fsp3) is 0.400. The van der Waals surface area contributed by atoms with E-state index in [2.05, 4.69) is 9.89 Å². The minimum atomic E-state index is -0.444. The minimum Gasteiger partial charge on any atom is -0.466 e. The molecule has 1 rings (SSSR count). The van der Waals surface area contributed by atoms with E-state index in [9.17, 15) is 4.79 Å². The predicted octanol–water partition coefficient (Wildman–Crippen LogP) is 1.02. The summed E-state index contributed by atoms with van der Waals surface area (Å²) in [5, 5.41) is 3.76. The van der Waals surface area contributed by atoms with Gasteiger partial charge in [-0.25, -0.2) is 4.79 Å². The lowest BCUT2D eigenvalue weighted by molar-refractivity contribution is -0.134. The molecule has 0 fully saturated rings. The SMILES string of the molecule is COC(=O)/C=C/C1=NOC(OC)C(C)=C1. The summed E-state index contributed by atoms with van der Waals surface area (Å²) in [6, 6.07) is 0. The number of methoxy groups -OCH3 is 2. The van der Waals surface area contributed by atoms with Crippen molar-refractivity contribution in [2.75, 3.05) is 14.2 Å². The first kappa shape index (κ1) is 11.5. The third kappa shape index (κ3) is 3.21. The van der Waals surface area contributed by atoms with Crippen LogP contribution in [0.4, 0.5) is 0 Å². The summed E-state index contributed by atoms with van der Waals surface area (Å²) in [4.78, 5) is 15.8.